The van der Waals surface area contributed by atoms with Crippen molar-refractivity contribution in [3.05, 3.63) is 71.3 Å². The molecule has 204 valence electrons. The van der Waals surface area contributed by atoms with Crippen molar-refractivity contribution in [1.29, 1.82) is 5.26 Å². The molecular weight excluding hydrogens is 508 g/mol. The average molecular weight is 539 g/mol. The number of carbonyl (C=O) groups excluding carboxylic acids is 2. The van der Waals surface area contributed by atoms with E-state index in [4.69, 9.17) is 15.0 Å². The maximum Gasteiger partial charge on any atom is 0.329 e. The summed E-state index contributed by atoms with van der Waals surface area (Å²) in [6.07, 6.45) is 2.74. The summed E-state index contributed by atoms with van der Waals surface area (Å²) < 4.78 is 7.14. The Morgan fingerprint density at radius 2 is 1.93 bits per heavy atom. The zero-order valence-electron chi connectivity index (χ0n) is 22.5. The third kappa shape index (κ3) is 5.33. The summed E-state index contributed by atoms with van der Waals surface area (Å²) in [7, 11) is 1.31. The fourth-order valence-corrected chi connectivity index (χ4v) is 5.17. The lowest BCUT2D eigenvalue weighted by atomic mass is 9.98. The molecular formula is C29H30N8O3. The standard InChI is InChI=1S/C29H30N8O3/c1-3-4-9-26-31-23-16-24(29(39)40-2)37(27(38)14-15-30)18-25(23)36(26)17-19-10-12-20(13-11-19)21-7-5-6-8-22(21)28-32-34-35-33-28/h5-8,10-13,24H,3-4,9,14,16-18H2,1-2H3,(H,32,33,34,35). The number of hydrogen-bond donors (Lipinski definition) is 1. The molecule has 1 atom stereocenters. The molecule has 0 spiro atoms. The molecule has 0 saturated heterocycles. The van der Waals surface area contributed by atoms with Crippen LogP contribution in [0.25, 0.3) is 22.5 Å². The molecule has 1 unspecified atom stereocenters. The van der Waals surface area contributed by atoms with Crippen LogP contribution in [0.4, 0.5) is 0 Å². The van der Waals surface area contributed by atoms with Gasteiger partial charge in [0.25, 0.3) is 0 Å². The first kappa shape index (κ1) is 26.7. The van der Waals surface area contributed by atoms with Gasteiger partial charge in [0, 0.05) is 24.9 Å². The summed E-state index contributed by atoms with van der Waals surface area (Å²) in [4.78, 5) is 31.8. The fourth-order valence-electron chi connectivity index (χ4n) is 5.17. The highest BCUT2D eigenvalue weighted by atomic mass is 16.5. The number of aromatic amines is 1. The summed E-state index contributed by atoms with van der Waals surface area (Å²) >= 11 is 0. The van der Waals surface area contributed by atoms with Crippen molar-refractivity contribution in [3.63, 3.8) is 0 Å². The average Bonchev–Trinajstić information content (AvgIpc) is 3.64. The number of methoxy groups -OCH3 is 1. The number of nitriles is 1. The molecule has 3 heterocycles. The van der Waals surface area contributed by atoms with Crippen LogP contribution in [-0.4, -0.2) is 60.1 Å². The van der Waals surface area contributed by atoms with Crippen LogP contribution in [-0.2, 0) is 40.3 Å². The molecule has 2 aromatic heterocycles. The van der Waals surface area contributed by atoms with Crippen LogP contribution in [0, 0.1) is 11.3 Å². The minimum absolute atomic E-state index is 0.199. The van der Waals surface area contributed by atoms with E-state index < -0.39 is 17.9 Å². The molecule has 1 aliphatic heterocycles. The molecule has 11 heteroatoms. The van der Waals surface area contributed by atoms with Gasteiger partial charge in [-0.15, -0.1) is 10.2 Å². The number of ether oxygens (including phenoxy) is 1. The monoisotopic (exact) mass is 538 g/mol. The van der Waals surface area contributed by atoms with Crippen LogP contribution in [0.2, 0.25) is 0 Å². The van der Waals surface area contributed by atoms with E-state index in [1.165, 1.54) is 12.0 Å². The molecule has 1 amide bonds. The van der Waals surface area contributed by atoms with Gasteiger partial charge in [-0.25, -0.2) is 9.78 Å². The molecule has 0 bridgehead atoms. The van der Waals surface area contributed by atoms with Gasteiger partial charge in [-0.2, -0.15) is 10.5 Å². The van der Waals surface area contributed by atoms with Crippen molar-refractivity contribution in [2.45, 2.75) is 58.2 Å². The number of H-pyrrole nitrogens is 1. The van der Waals surface area contributed by atoms with Crippen molar-refractivity contribution in [1.82, 2.24) is 35.1 Å². The molecule has 1 N–H and O–H groups in total. The zero-order valence-corrected chi connectivity index (χ0v) is 22.5. The Bertz CT molecular complexity index is 1540. The number of imidazole rings is 1. The molecule has 11 nitrogen and oxygen atoms in total. The lowest BCUT2D eigenvalue weighted by molar-refractivity contribution is -0.153. The molecule has 0 radical (unpaired) electrons. The number of nitrogens with zero attached hydrogens (tertiary/aromatic N) is 7. The van der Waals surface area contributed by atoms with Crippen molar-refractivity contribution in [3.8, 4) is 28.6 Å². The van der Waals surface area contributed by atoms with Crippen LogP contribution in [0.5, 0.6) is 0 Å². The minimum Gasteiger partial charge on any atom is -0.467 e. The number of rotatable bonds is 9. The van der Waals surface area contributed by atoms with E-state index in [9.17, 15) is 9.59 Å². The molecule has 4 aromatic rings. The lowest BCUT2D eigenvalue weighted by Gasteiger charge is -2.33. The van der Waals surface area contributed by atoms with Gasteiger partial charge in [0.1, 0.15) is 18.3 Å². The van der Waals surface area contributed by atoms with Gasteiger partial charge in [0.2, 0.25) is 11.7 Å². The minimum atomic E-state index is -0.792. The number of tetrazole rings is 1. The number of benzene rings is 2. The zero-order chi connectivity index (χ0) is 28.1. The van der Waals surface area contributed by atoms with E-state index in [2.05, 4.69) is 56.4 Å². The number of hydrogen-bond acceptors (Lipinski definition) is 8. The van der Waals surface area contributed by atoms with Gasteiger partial charge in [-0.3, -0.25) is 4.79 Å². The second-order valence-electron chi connectivity index (χ2n) is 9.69. The summed E-state index contributed by atoms with van der Waals surface area (Å²) in [5.74, 6) is 0.567. The number of carbonyl (C=O) groups is 2. The smallest absolute Gasteiger partial charge is 0.329 e. The number of nitrogens with one attached hydrogen (secondary N) is 1. The predicted molar refractivity (Wildman–Crippen MR) is 145 cm³/mol. The predicted octanol–water partition coefficient (Wildman–Crippen LogP) is 3.46. The van der Waals surface area contributed by atoms with Crippen molar-refractivity contribution in [2.24, 2.45) is 0 Å². The maximum absolute atomic E-state index is 12.8. The first-order valence-corrected chi connectivity index (χ1v) is 13.3. The van der Waals surface area contributed by atoms with E-state index in [1.807, 2.05) is 30.3 Å². The van der Waals surface area contributed by atoms with Crippen LogP contribution < -0.4 is 0 Å². The number of amides is 1. The first-order chi connectivity index (χ1) is 19.5. The number of unbranched alkanes of at least 4 members (excludes halogenated alkanes) is 1. The molecule has 2 aromatic carbocycles. The molecule has 0 aliphatic carbocycles. The summed E-state index contributed by atoms with van der Waals surface area (Å²) in [6.45, 7) is 2.90. The Hall–Kier alpha value is -4.85. The van der Waals surface area contributed by atoms with Crippen molar-refractivity contribution in [2.75, 3.05) is 7.11 Å². The number of fused-ring (bicyclic) bond motifs is 1. The lowest BCUT2D eigenvalue weighted by Crippen LogP contribution is -2.49. The molecule has 5 rings (SSSR count). The number of aromatic nitrogens is 6. The molecule has 1 aliphatic rings. The van der Waals surface area contributed by atoms with Gasteiger partial charge in [-0.1, -0.05) is 61.9 Å². The fraction of sp³-hybridized carbons (Fsp3) is 0.345. The van der Waals surface area contributed by atoms with E-state index in [0.717, 1.165) is 58.7 Å². The number of aryl methyl sites for hydroxylation is 1. The largest absolute Gasteiger partial charge is 0.467 e. The topological polar surface area (TPSA) is 143 Å². The van der Waals surface area contributed by atoms with Crippen LogP contribution >= 0.6 is 0 Å². The maximum atomic E-state index is 12.8. The van der Waals surface area contributed by atoms with E-state index in [0.29, 0.717) is 12.4 Å². The van der Waals surface area contributed by atoms with Crippen molar-refractivity contribution < 1.29 is 14.3 Å². The Balaban J connectivity index is 1.47. The Morgan fingerprint density at radius 1 is 1.15 bits per heavy atom. The first-order valence-electron chi connectivity index (χ1n) is 13.3. The van der Waals surface area contributed by atoms with Crippen LogP contribution in [0.15, 0.2) is 48.5 Å². The SMILES string of the molecule is CCCCc1nc2c(n1Cc1ccc(-c3ccccc3-c3nn[nH]n3)cc1)CN(C(=O)CC#N)C(C(=O)OC)C2. The second-order valence-corrected chi connectivity index (χ2v) is 9.69. The second kappa shape index (κ2) is 11.9. The Morgan fingerprint density at radius 3 is 2.60 bits per heavy atom. The van der Waals surface area contributed by atoms with Gasteiger partial charge in [0.05, 0.1) is 31.1 Å². The van der Waals surface area contributed by atoms with Gasteiger partial charge < -0.3 is 14.2 Å². The molecule has 0 saturated carbocycles. The normalized spacial score (nSPS) is 14.4. The van der Waals surface area contributed by atoms with Crippen LogP contribution in [0.1, 0.15) is 49.0 Å². The quantitative estimate of drug-likeness (QED) is 0.319. The highest BCUT2D eigenvalue weighted by Crippen LogP contribution is 2.31. The number of esters is 1. The highest BCUT2D eigenvalue weighted by molar-refractivity contribution is 5.86. The molecule has 0 fully saturated rings. The highest BCUT2D eigenvalue weighted by Gasteiger charge is 2.38. The van der Waals surface area contributed by atoms with E-state index in [1.54, 1.807) is 0 Å². The van der Waals surface area contributed by atoms with Crippen molar-refractivity contribution >= 4 is 11.9 Å². The Kier molecular flexibility index (Phi) is 7.96. The van der Waals surface area contributed by atoms with Gasteiger partial charge in [0.15, 0.2) is 0 Å². The van der Waals surface area contributed by atoms with E-state index in [-0.39, 0.29) is 19.4 Å². The van der Waals surface area contributed by atoms with Crippen LogP contribution in [0.3, 0.4) is 0 Å². The third-order valence-corrected chi connectivity index (χ3v) is 7.21. The molecule has 40 heavy (non-hydrogen) atoms. The summed E-state index contributed by atoms with van der Waals surface area (Å²) in [5, 5.41) is 23.6. The van der Waals surface area contributed by atoms with Gasteiger partial charge >= 0.3 is 5.97 Å². The third-order valence-electron chi connectivity index (χ3n) is 7.21. The van der Waals surface area contributed by atoms with Gasteiger partial charge in [-0.05, 0) is 28.3 Å². The Labute approximate surface area is 231 Å². The summed E-state index contributed by atoms with van der Waals surface area (Å²) in [5.41, 5.74) is 5.68. The summed E-state index contributed by atoms with van der Waals surface area (Å²) in [6, 6.07) is 17.3. The van der Waals surface area contributed by atoms with E-state index >= 15 is 0 Å².